The van der Waals surface area contributed by atoms with Crippen LogP contribution in [0.3, 0.4) is 0 Å². The first-order valence-electron chi connectivity index (χ1n) is 6.19. The van der Waals surface area contributed by atoms with E-state index in [9.17, 15) is 4.79 Å². The van der Waals surface area contributed by atoms with E-state index in [1.807, 2.05) is 31.2 Å². The van der Waals surface area contributed by atoms with Crippen LogP contribution < -0.4 is 10.6 Å². The van der Waals surface area contributed by atoms with Crippen molar-refractivity contribution >= 4 is 11.7 Å². The lowest BCUT2D eigenvalue weighted by Crippen LogP contribution is -2.39. The SMILES string of the molecule is COCc1ccccc1NC(=O)N[C@@H](C)C(C)C. The first-order chi connectivity index (χ1) is 8.54. The van der Waals surface area contributed by atoms with Crippen LogP contribution in [0.15, 0.2) is 24.3 Å². The van der Waals surface area contributed by atoms with Gasteiger partial charge in [0, 0.05) is 24.4 Å². The zero-order valence-electron chi connectivity index (χ0n) is 11.5. The van der Waals surface area contributed by atoms with E-state index >= 15 is 0 Å². The second-order valence-corrected chi connectivity index (χ2v) is 4.72. The minimum Gasteiger partial charge on any atom is -0.380 e. The van der Waals surface area contributed by atoms with Crippen molar-refractivity contribution < 1.29 is 9.53 Å². The lowest BCUT2D eigenvalue weighted by atomic mass is 10.1. The smallest absolute Gasteiger partial charge is 0.319 e. The van der Waals surface area contributed by atoms with Gasteiger partial charge in [-0.2, -0.15) is 0 Å². The van der Waals surface area contributed by atoms with Crippen molar-refractivity contribution in [3.8, 4) is 0 Å². The number of nitrogens with one attached hydrogen (secondary N) is 2. The summed E-state index contributed by atoms with van der Waals surface area (Å²) in [7, 11) is 1.64. The van der Waals surface area contributed by atoms with E-state index in [0.717, 1.165) is 11.3 Å². The molecule has 0 fully saturated rings. The number of carbonyl (C=O) groups excluding carboxylic acids is 1. The number of ether oxygens (including phenoxy) is 1. The first kappa shape index (κ1) is 14.5. The van der Waals surface area contributed by atoms with E-state index in [2.05, 4.69) is 24.5 Å². The van der Waals surface area contributed by atoms with Crippen molar-refractivity contribution in [2.75, 3.05) is 12.4 Å². The molecule has 18 heavy (non-hydrogen) atoms. The van der Waals surface area contributed by atoms with Crippen molar-refractivity contribution in [3.05, 3.63) is 29.8 Å². The van der Waals surface area contributed by atoms with Crippen LogP contribution >= 0.6 is 0 Å². The maximum Gasteiger partial charge on any atom is 0.319 e. The number of benzene rings is 1. The summed E-state index contributed by atoms with van der Waals surface area (Å²) in [6.45, 7) is 6.62. The van der Waals surface area contributed by atoms with Crippen LogP contribution in [0.25, 0.3) is 0 Å². The van der Waals surface area contributed by atoms with Crippen LogP contribution in [0.2, 0.25) is 0 Å². The molecular formula is C14H22N2O2. The molecule has 1 aromatic carbocycles. The highest BCUT2D eigenvalue weighted by atomic mass is 16.5. The van der Waals surface area contributed by atoms with Crippen LogP contribution in [-0.4, -0.2) is 19.2 Å². The molecule has 0 aromatic heterocycles. The largest absolute Gasteiger partial charge is 0.380 e. The Morgan fingerprint density at radius 3 is 2.56 bits per heavy atom. The lowest BCUT2D eigenvalue weighted by molar-refractivity contribution is 0.185. The number of amides is 2. The third-order valence-corrected chi connectivity index (χ3v) is 2.92. The van der Waals surface area contributed by atoms with Gasteiger partial charge >= 0.3 is 6.03 Å². The quantitative estimate of drug-likeness (QED) is 0.844. The molecule has 0 bridgehead atoms. The highest BCUT2D eigenvalue weighted by Crippen LogP contribution is 2.15. The number of carbonyl (C=O) groups is 1. The van der Waals surface area contributed by atoms with Gasteiger partial charge < -0.3 is 15.4 Å². The van der Waals surface area contributed by atoms with Gasteiger partial charge in [-0.15, -0.1) is 0 Å². The Labute approximate surface area is 109 Å². The fourth-order valence-corrected chi connectivity index (χ4v) is 1.46. The van der Waals surface area contributed by atoms with Crippen molar-refractivity contribution in [1.29, 1.82) is 0 Å². The van der Waals surface area contributed by atoms with E-state index < -0.39 is 0 Å². The summed E-state index contributed by atoms with van der Waals surface area (Å²) in [5.74, 6) is 0.407. The third-order valence-electron chi connectivity index (χ3n) is 2.92. The number of rotatable bonds is 5. The molecule has 0 unspecified atom stereocenters. The molecule has 0 aliphatic heterocycles. The minimum atomic E-state index is -0.181. The topological polar surface area (TPSA) is 50.4 Å². The van der Waals surface area contributed by atoms with Gasteiger partial charge in [-0.05, 0) is 18.9 Å². The van der Waals surface area contributed by atoms with Gasteiger partial charge in [-0.1, -0.05) is 32.0 Å². The second kappa shape index (κ2) is 7.01. The average Bonchev–Trinajstić information content (AvgIpc) is 2.31. The molecule has 0 aliphatic rings. The fourth-order valence-electron chi connectivity index (χ4n) is 1.46. The number of urea groups is 1. The monoisotopic (exact) mass is 250 g/mol. The molecule has 1 aromatic rings. The van der Waals surface area contributed by atoms with Gasteiger partial charge in [-0.3, -0.25) is 0 Å². The second-order valence-electron chi connectivity index (χ2n) is 4.72. The van der Waals surface area contributed by atoms with Crippen molar-refractivity contribution in [3.63, 3.8) is 0 Å². The number of para-hydroxylation sites is 1. The summed E-state index contributed by atoms with van der Waals surface area (Å²) in [6.07, 6.45) is 0. The molecule has 0 saturated heterocycles. The van der Waals surface area contributed by atoms with Gasteiger partial charge in [0.15, 0.2) is 0 Å². The minimum absolute atomic E-state index is 0.139. The van der Waals surface area contributed by atoms with Crippen molar-refractivity contribution in [2.45, 2.75) is 33.4 Å². The summed E-state index contributed by atoms with van der Waals surface area (Å²) < 4.78 is 5.10. The third kappa shape index (κ3) is 4.37. The summed E-state index contributed by atoms with van der Waals surface area (Å²) in [5, 5.41) is 5.76. The first-order valence-corrected chi connectivity index (χ1v) is 6.19. The van der Waals surface area contributed by atoms with Crippen molar-refractivity contribution in [2.24, 2.45) is 5.92 Å². The van der Waals surface area contributed by atoms with Crippen LogP contribution in [0, 0.1) is 5.92 Å². The molecule has 2 amide bonds. The molecule has 1 rings (SSSR count). The molecular weight excluding hydrogens is 228 g/mol. The average molecular weight is 250 g/mol. The van der Waals surface area contributed by atoms with Crippen LogP contribution in [0.4, 0.5) is 10.5 Å². The Balaban J connectivity index is 2.64. The Morgan fingerprint density at radius 1 is 1.28 bits per heavy atom. The normalized spacial score (nSPS) is 12.3. The van der Waals surface area contributed by atoms with Crippen LogP contribution in [0.1, 0.15) is 26.3 Å². The molecule has 2 N–H and O–H groups in total. The molecule has 1 atom stereocenters. The number of methoxy groups -OCH3 is 1. The molecule has 0 saturated carbocycles. The van der Waals surface area contributed by atoms with Gasteiger partial charge in [0.25, 0.3) is 0 Å². The summed E-state index contributed by atoms with van der Waals surface area (Å²) >= 11 is 0. The standard InChI is InChI=1S/C14H22N2O2/c1-10(2)11(3)15-14(17)16-13-8-6-5-7-12(13)9-18-4/h5-8,10-11H,9H2,1-4H3,(H2,15,16,17)/t11-/m0/s1. The molecule has 0 heterocycles. The van der Waals surface area contributed by atoms with Crippen LogP contribution in [-0.2, 0) is 11.3 Å². The highest BCUT2D eigenvalue weighted by molar-refractivity contribution is 5.90. The molecule has 100 valence electrons. The molecule has 0 spiro atoms. The highest BCUT2D eigenvalue weighted by Gasteiger charge is 2.11. The van der Waals surface area contributed by atoms with E-state index in [1.165, 1.54) is 0 Å². The zero-order valence-corrected chi connectivity index (χ0v) is 11.5. The predicted molar refractivity (Wildman–Crippen MR) is 73.6 cm³/mol. The Hall–Kier alpha value is -1.55. The van der Waals surface area contributed by atoms with Crippen LogP contribution in [0.5, 0.6) is 0 Å². The summed E-state index contributed by atoms with van der Waals surface area (Å²) in [6, 6.07) is 7.58. The summed E-state index contributed by atoms with van der Waals surface area (Å²) in [5.41, 5.74) is 1.75. The lowest BCUT2D eigenvalue weighted by Gasteiger charge is -2.18. The van der Waals surface area contributed by atoms with E-state index in [0.29, 0.717) is 12.5 Å². The Kier molecular flexibility index (Phi) is 5.65. The van der Waals surface area contributed by atoms with E-state index in [4.69, 9.17) is 4.74 Å². The van der Waals surface area contributed by atoms with Gasteiger partial charge in [-0.25, -0.2) is 4.79 Å². The van der Waals surface area contributed by atoms with E-state index in [-0.39, 0.29) is 12.1 Å². The number of anilines is 1. The van der Waals surface area contributed by atoms with Gasteiger partial charge in [0.2, 0.25) is 0 Å². The molecule has 4 heteroatoms. The van der Waals surface area contributed by atoms with Gasteiger partial charge in [0.1, 0.15) is 0 Å². The maximum atomic E-state index is 11.8. The Bertz CT molecular complexity index is 391. The molecule has 4 nitrogen and oxygen atoms in total. The molecule has 0 radical (unpaired) electrons. The predicted octanol–water partition coefficient (Wildman–Crippen LogP) is 3.00. The van der Waals surface area contributed by atoms with Crippen molar-refractivity contribution in [1.82, 2.24) is 5.32 Å². The fraction of sp³-hybridized carbons (Fsp3) is 0.500. The van der Waals surface area contributed by atoms with E-state index in [1.54, 1.807) is 7.11 Å². The number of hydrogen-bond donors (Lipinski definition) is 2. The van der Waals surface area contributed by atoms with Gasteiger partial charge in [0.05, 0.1) is 6.61 Å². The number of hydrogen-bond acceptors (Lipinski definition) is 2. The molecule has 0 aliphatic carbocycles. The Morgan fingerprint density at radius 2 is 1.94 bits per heavy atom. The summed E-state index contributed by atoms with van der Waals surface area (Å²) in [4.78, 5) is 11.8. The maximum absolute atomic E-state index is 11.8. The zero-order chi connectivity index (χ0) is 13.5.